The summed E-state index contributed by atoms with van der Waals surface area (Å²) in [7, 11) is 0. The summed E-state index contributed by atoms with van der Waals surface area (Å²) in [6, 6.07) is 7.33. The Hall–Kier alpha value is -1.46. The van der Waals surface area contributed by atoms with Crippen LogP contribution in [0.1, 0.15) is 19.8 Å². The van der Waals surface area contributed by atoms with Gasteiger partial charge < -0.3 is 11.1 Å². The number of thiazole rings is 1. The Kier molecular flexibility index (Phi) is 3.71. The lowest BCUT2D eigenvalue weighted by Gasteiger charge is -2.08. The molecule has 0 bridgehead atoms. The first-order valence-electron chi connectivity index (χ1n) is 5.62. The fraction of sp³-hybridized carbons (Fsp3) is 0.333. The van der Waals surface area contributed by atoms with Crippen molar-refractivity contribution in [1.82, 2.24) is 4.98 Å². The highest BCUT2D eigenvalue weighted by Crippen LogP contribution is 2.25. The predicted molar refractivity (Wildman–Crippen MR) is 71.1 cm³/mol. The maximum Gasteiger partial charge on any atom is 0.243 e. The number of fused-ring (bicyclic) bond motifs is 1. The zero-order chi connectivity index (χ0) is 12.3. The lowest BCUT2D eigenvalue weighted by Crippen LogP contribution is -2.35. The summed E-state index contributed by atoms with van der Waals surface area (Å²) >= 11 is 1.46. The summed E-state index contributed by atoms with van der Waals surface area (Å²) in [5.74, 6) is -0.161. The largest absolute Gasteiger partial charge is 0.320 e. The average Bonchev–Trinajstić information content (AvgIpc) is 2.71. The minimum atomic E-state index is -0.452. The van der Waals surface area contributed by atoms with Gasteiger partial charge in [0.25, 0.3) is 0 Å². The number of para-hydroxylation sites is 1. The van der Waals surface area contributed by atoms with Gasteiger partial charge in [-0.15, -0.1) is 0 Å². The number of aromatic nitrogens is 1. The summed E-state index contributed by atoms with van der Waals surface area (Å²) in [4.78, 5) is 16.0. The average molecular weight is 249 g/mol. The van der Waals surface area contributed by atoms with Gasteiger partial charge in [-0.3, -0.25) is 4.79 Å². The van der Waals surface area contributed by atoms with Crippen molar-refractivity contribution in [1.29, 1.82) is 0 Å². The molecule has 1 amide bonds. The van der Waals surface area contributed by atoms with Gasteiger partial charge in [0.05, 0.1) is 16.3 Å². The van der Waals surface area contributed by atoms with E-state index < -0.39 is 6.04 Å². The summed E-state index contributed by atoms with van der Waals surface area (Å²) in [6.07, 6.45) is 1.59. The van der Waals surface area contributed by atoms with Crippen molar-refractivity contribution < 1.29 is 4.79 Å². The molecule has 0 aliphatic carbocycles. The van der Waals surface area contributed by atoms with Gasteiger partial charge in [0, 0.05) is 0 Å². The van der Waals surface area contributed by atoms with Crippen molar-refractivity contribution in [2.24, 2.45) is 5.73 Å². The van der Waals surface area contributed by atoms with Gasteiger partial charge in [0.1, 0.15) is 0 Å². The molecule has 17 heavy (non-hydrogen) atoms. The Bertz CT molecular complexity index is 490. The molecule has 1 aromatic carbocycles. The van der Waals surface area contributed by atoms with Crippen molar-refractivity contribution in [2.75, 3.05) is 5.32 Å². The molecule has 0 saturated heterocycles. The Labute approximate surface area is 104 Å². The highest BCUT2D eigenvalue weighted by atomic mass is 32.1. The summed E-state index contributed by atoms with van der Waals surface area (Å²) < 4.78 is 1.06. The smallest absolute Gasteiger partial charge is 0.243 e. The van der Waals surface area contributed by atoms with Crippen LogP contribution in [0.3, 0.4) is 0 Å². The zero-order valence-electron chi connectivity index (χ0n) is 9.64. The molecule has 2 aromatic rings. The van der Waals surface area contributed by atoms with Crippen molar-refractivity contribution in [3.8, 4) is 0 Å². The van der Waals surface area contributed by atoms with Crippen LogP contribution >= 0.6 is 11.3 Å². The Morgan fingerprint density at radius 1 is 1.53 bits per heavy atom. The highest BCUT2D eigenvalue weighted by molar-refractivity contribution is 7.22. The molecular weight excluding hydrogens is 234 g/mol. The minimum absolute atomic E-state index is 0.161. The molecule has 0 aliphatic heterocycles. The van der Waals surface area contributed by atoms with Gasteiger partial charge in [-0.05, 0) is 18.6 Å². The second-order valence-corrected chi connectivity index (χ2v) is 4.90. The molecule has 3 N–H and O–H groups in total. The number of rotatable bonds is 4. The maximum absolute atomic E-state index is 11.7. The molecule has 0 aliphatic rings. The van der Waals surface area contributed by atoms with Crippen LogP contribution in [0.5, 0.6) is 0 Å². The quantitative estimate of drug-likeness (QED) is 0.874. The zero-order valence-corrected chi connectivity index (χ0v) is 10.5. The standard InChI is InChI=1S/C12H15N3OS/c1-2-5-8(13)11(16)15-12-14-9-6-3-4-7-10(9)17-12/h3-4,6-8H,2,5,13H2,1H3,(H,14,15,16)/t8-/m0/s1. The number of carbonyl (C=O) groups is 1. The molecule has 0 unspecified atom stereocenters. The first-order valence-corrected chi connectivity index (χ1v) is 6.44. The predicted octanol–water partition coefficient (Wildman–Crippen LogP) is 2.36. The Morgan fingerprint density at radius 2 is 2.29 bits per heavy atom. The van der Waals surface area contributed by atoms with Crippen LogP contribution in [-0.2, 0) is 4.79 Å². The fourth-order valence-corrected chi connectivity index (χ4v) is 2.43. The van der Waals surface area contributed by atoms with E-state index in [2.05, 4.69) is 10.3 Å². The van der Waals surface area contributed by atoms with Gasteiger partial charge in [0.15, 0.2) is 5.13 Å². The fourth-order valence-electron chi connectivity index (χ4n) is 1.57. The number of benzene rings is 1. The molecule has 2 rings (SSSR count). The van der Waals surface area contributed by atoms with Gasteiger partial charge in [-0.2, -0.15) is 0 Å². The van der Waals surface area contributed by atoms with Gasteiger partial charge in [0.2, 0.25) is 5.91 Å². The molecule has 4 nitrogen and oxygen atoms in total. The van der Waals surface area contributed by atoms with Gasteiger partial charge in [-0.25, -0.2) is 4.98 Å². The molecule has 1 aromatic heterocycles. The van der Waals surface area contributed by atoms with Crippen LogP contribution in [0.2, 0.25) is 0 Å². The van der Waals surface area contributed by atoms with Crippen LogP contribution in [-0.4, -0.2) is 16.9 Å². The number of amides is 1. The Morgan fingerprint density at radius 3 is 3.00 bits per heavy atom. The minimum Gasteiger partial charge on any atom is -0.320 e. The van der Waals surface area contributed by atoms with Crippen molar-refractivity contribution in [2.45, 2.75) is 25.8 Å². The molecule has 0 saturated carbocycles. The summed E-state index contributed by atoms with van der Waals surface area (Å²) in [5.41, 5.74) is 6.63. The van der Waals surface area contributed by atoms with Crippen molar-refractivity contribution >= 4 is 32.6 Å². The number of anilines is 1. The van der Waals surface area contributed by atoms with E-state index in [-0.39, 0.29) is 5.91 Å². The molecular formula is C12H15N3OS. The van der Waals surface area contributed by atoms with E-state index >= 15 is 0 Å². The molecule has 1 atom stereocenters. The third kappa shape index (κ3) is 2.81. The number of carbonyl (C=O) groups excluding carboxylic acids is 1. The van der Waals surface area contributed by atoms with Crippen molar-refractivity contribution in [3.05, 3.63) is 24.3 Å². The first-order chi connectivity index (χ1) is 8.20. The summed E-state index contributed by atoms with van der Waals surface area (Å²) in [6.45, 7) is 2.00. The van der Waals surface area contributed by atoms with Crippen LogP contribution in [0.4, 0.5) is 5.13 Å². The lowest BCUT2D eigenvalue weighted by molar-refractivity contribution is -0.117. The third-order valence-electron chi connectivity index (χ3n) is 2.46. The van der Waals surface area contributed by atoms with E-state index in [4.69, 9.17) is 5.73 Å². The van der Waals surface area contributed by atoms with Crippen LogP contribution in [0.25, 0.3) is 10.2 Å². The normalized spacial score (nSPS) is 12.6. The topological polar surface area (TPSA) is 68.0 Å². The molecule has 0 spiro atoms. The third-order valence-corrected chi connectivity index (χ3v) is 3.41. The van der Waals surface area contributed by atoms with E-state index in [1.807, 2.05) is 31.2 Å². The van der Waals surface area contributed by atoms with E-state index in [0.29, 0.717) is 11.6 Å². The van der Waals surface area contributed by atoms with E-state index in [0.717, 1.165) is 16.6 Å². The molecule has 90 valence electrons. The van der Waals surface area contributed by atoms with E-state index in [9.17, 15) is 4.79 Å². The lowest BCUT2D eigenvalue weighted by atomic mass is 10.2. The number of hydrogen-bond donors (Lipinski definition) is 2. The Balaban J connectivity index is 2.10. The second kappa shape index (κ2) is 5.25. The van der Waals surface area contributed by atoms with Crippen LogP contribution < -0.4 is 11.1 Å². The van der Waals surface area contributed by atoms with E-state index in [1.165, 1.54) is 11.3 Å². The van der Waals surface area contributed by atoms with Gasteiger partial charge >= 0.3 is 0 Å². The molecule has 0 radical (unpaired) electrons. The summed E-state index contributed by atoms with van der Waals surface area (Å²) in [5, 5.41) is 3.37. The van der Waals surface area contributed by atoms with E-state index in [1.54, 1.807) is 0 Å². The first kappa shape index (κ1) is 12.0. The highest BCUT2D eigenvalue weighted by Gasteiger charge is 2.14. The number of hydrogen-bond acceptors (Lipinski definition) is 4. The molecule has 5 heteroatoms. The van der Waals surface area contributed by atoms with Crippen molar-refractivity contribution in [3.63, 3.8) is 0 Å². The SMILES string of the molecule is CCC[C@H](N)C(=O)Nc1nc2ccccc2s1. The number of nitrogens with two attached hydrogens (primary N) is 1. The number of nitrogens with one attached hydrogen (secondary N) is 1. The second-order valence-electron chi connectivity index (χ2n) is 3.87. The monoisotopic (exact) mass is 249 g/mol. The maximum atomic E-state index is 11.7. The van der Waals surface area contributed by atoms with Gasteiger partial charge in [-0.1, -0.05) is 36.8 Å². The van der Waals surface area contributed by atoms with Crippen LogP contribution in [0.15, 0.2) is 24.3 Å². The molecule has 0 fully saturated rings. The molecule has 1 heterocycles. The number of nitrogens with zero attached hydrogens (tertiary/aromatic N) is 1. The van der Waals surface area contributed by atoms with Crippen LogP contribution in [0, 0.1) is 0 Å².